The van der Waals surface area contributed by atoms with Crippen LogP contribution >= 0.6 is 0 Å². The zero-order valence-electron chi connectivity index (χ0n) is 10.5. The van der Waals surface area contributed by atoms with Crippen molar-refractivity contribution in [2.24, 2.45) is 5.92 Å². The van der Waals surface area contributed by atoms with Crippen molar-refractivity contribution in [2.45, 2.75) is 24.7 Å². The van der Waals surface area contributed by atoms with E-state index in [-0.39, 0.29) is 11.4 Å². The maximum atomic E-state index is 12.7. The first kappa shape index (κ1) is 15.6. The molecular weight excluding hydrogens is 273 g/mol. The summed E-state index contributed by atoms with van der Waals surface area (Å²) in [6.07, 6.45) is 1.04. The van der Waals surface area contributed by atoms with Crippen molar-refractivity contribution in [3.05, 3.63) is 30.1 Å². The van der Waals surface area contributed by atoms with Gasteiger partial charge in [-0.25, -0.2) is 17.5 Å². The van der Waals surface area contributed by atoms with Crippen LogP contribution in [-0.4, -0.2) is 26.0 Å². The molecule has 5 nitrogen and oxygen atoms in total. The van der Waals surface area contributed by atoms with E-state index in [1.807, 2.05) is 6.92 Å². The third-order valence-electron chi connectivity index (χ3n) is 2.63. The number of sulfonamides is 1. The smallest absolute Gasteiger partial charge is 0.307 e. The fourth-order valence-electron chi connectivity index (χ4n) is 1.57. The molecule has 0 spiro atoms. The van der Waals surface area contributed by atoms with Gasteiger partial charge in [0.25, 0.3) is 0 Å². The second kappa shape index (κ2) is 6.63. The number of nitrogens with one attached hydrogen (secondary N) is 1. The van der Waals surface area contributed by atoms with Crippen LogP contribution in [-0.2, 0) is 14.8 Å². The highest BCUT2D eigenvalue weighted by atomic mass is 32.2. The molecule has 0 heterocycles. The Morgan fingerprint density at radius 1 is 1.37 bits per heavy atom. The van der Waals surface area contributed by atoms with Crippen molar-refractivity contribution in [3.63, 3.8) is 0 Å². The highest BCUT2D eigenvalue weighted by molar-refractivity contribution is 7.89. The van der Waals surface area contributed by atoms with E-state index in [1.165, 1.54) is 0 Å². The summed E-state index contributed by atoms with van der Waals surface area (Å²) in [6.45, 7) is 1.65. The number of rotatable bonds is 7. The van der Waals surface area contributed by atoms with Crippen molar-refractivity contribution in [1.82, 2.24) is 4.72 Å². The summed E-state index contributed by atoms with van der Waals surface area (Å²) < 4.78 is 38.6. The predicted molar refractivity (Wildman–Crippen MR) is 67.6 cm³/mol. The second-order valence-corrected chi connectivity index (χ2v) is 5.90. The molecule has 0 saturated carbocycles. The van der Waals surface area contributed by atoms with Gasteiger partial charge < -0.3 is 5.11 Å². The summed E-state index contributed by atoms with van der Waals surface area (Å²) in [5.41, 5.74) is 0. The number of carboxylic acid groups (broad SMARTS) is 1. The standard InChI is InChI=1S/C12H16FNO4S/c1-2-3-9(12(15)16)8-14-19(17,18)11-6-4-10(13)5-7-11/h4-7,9,14H,2-3,8H2,1H3,(H,15,16). The van der Waals surface area contributed by atoms with Crippen LogP contribution in [0.2, 0.25) is 0 Å². The number of hydrogen-bond acceptors (Lipinski definition) is 3. The Morgan fingerprint density at radius 3 is 2.42 bits per heavy atom. The van der Waals surface area contributed by atoms with Crippen molar-refractivity contribution in [3.8, 4) is 0 Å². The van der Waals surface area contributed by atoms with Gasteiger partial charge in [-0.3, -0.25) is 4.79 Å². The normalized spacial score (nSPS) is 13.2. The van der Waals surface area contributed by atoms with E-state index in [4.69, 9.17) is 5.11 Å². The van der Waals surface area contributed by atoms with Crippen molar-refractivity contribution >= 4 is 16.0 Å². The van der Waals surface area contributed by atoms with Crippen LogP contribution in [0.1, 0.15) is 19.8 Å². The maximum Gasteiger partial charge on any atom is 0.307 e. The molecule has 0 saturated heterocycles. The van der Waals surface area contributed by atoms with Gasteiger partial charge in [-0.2, -0.15) is 0 Å². The highest BCUT2D eigenvalue weighted by Gasteiger charge is 2.20. The van der Waals surface area contributed by atoms with Gasteiger partial charge in [0.2, 0.25) is 10.0 Å². The van der Waals surface area contributed by atoms with Crippen LogP contribution in [0, 0.1) is 11.7 Å². The number of carboxylic acids is 1. The molecule has 0 aliphatic heterocycles. The lowest BCUT2D eigenvalue weighted by Gasteiger charge is -2.12. The minimum atomic E-state index is -3.80. The Labute approximate surface area is 111 Å². The fraction of sp³-hybridized carbons (Fsp3) is 0.417. The Balaban J connectivity index is 2.74. The van der Waals surface area contributed by atoms with Crippen LogP contribution in [0.4, 0.5) is 4.39 Å². The lowest BCUT2D eigenvalue weighted by molar-refractivity contribution is -0.141. The molecule has 1 rings (SSSR count). The Hall–Kier alpha value is -1.47. The van der Waals surface area contributed by atoms with Crippen LogP contribution in [0.5, 0.6) is 0 Å². The molecule has 2 N–H and O–H groups in total. The lowest BCUT2D eigenvalue weighted by atomic mass is 10.1. The quantitative estimate of drug-likeness (QED) is 0.798. The molecule has 1 aromatic carbocycles. The molecule has 0 aromatic heterocycles. The summed E-state index contributed by atoms with van der Waals surface area (Å²) in [7, 11) is -3.80. The third-order valence-corrected chi connectivity index (χ3v) is 4.07. The molecule has 1 unspecified atom stereocenters. The van der Waals surface area contributed by atoms with Crippen molar-refractivity contribution in [2.75, 3.05) is 6.54 Å². The minimum Gasteiger partial charge on any atom is -0.481 e. The molecule has 0 aliphatic carbocycles. The second-order valence-electron chi connectivity index (χ2n) is 4.13. The van der Waals surface area contributed by atoms with Gasteiger partial charge in [0.1, 0.15) is 5.82 Å². The van der Waals surface area contributed by atoms with E-state index in [0.29, 0.717) is 12.8 Å². The molecule has 0 amide bonds. The summed E-state index contributed by atoms with van der Waals surface area (Å²) >= 11 is 0. The number of hydrogen-bond donors (Lipinski definition) is 2. The Morgan fingerprint density at radius 2 is 1.95 bits per heavy atom. The first-order valence-electron chi connectivity index (χ1n) is 5.85. The van der Waals surface area contributed by atoms with Gasteiger partial charge in [-0.15, -0.1) is 0 Å². The molecule has 0 fully saturated rings. The van der Waals surface area contributed by atoms with E-state index in [1.54, 1.807) is 0 Å². The highest BCUT2D eigenvalue weighted by Crippen LogP contribution is 2.11. The van der Waals surface area contributed by atoms with E-state index in [0.717, 1.165) is 24.3 Å². The number of aliphatic carboxylic acids is 1. The minimum absolute atomic E-state index is 0.0884. The number of benzene rings is 1. The number of halogens is 1. The monoisotopic (exact) mass is 289 g/mol. The van der Waals surface area contributed by atoms with Gasteiger partial charge in [0, 0.05) is 6.54 Å². The van der Waals surface area contributed by atoms with E-state index >= 15 is 0 Å². The first-order valence-corrected chi connectivity index (χ1v) is 7.33. The Kier molecular flexibility index (Phi) is 5.44. The molecule has 1 atom stereocenters. The van der Waals surface area contributed by atoms with Gasteiger partial charge in [-0.1, -0.05) is 13.3 Å². The summed E-state index contributed by atoms with van der Waals surface area (Å²) in [5.74, 6) is -2.34. The molecular formula is C12H16FNO4S. The topological polar surface area (TPSA) is 83.5 Å². The van der Waals surface area contributed by atoms with E-state index in [2.05, 4.69) is 4.72 Å². The van der Waals surface area contributed by atoms with Gasteiger partial charge in [0.15, 0.2) is 0 Å². The molecule has 7 heteroatoms. The largest absolute Gasteiger partial charge is 0.481 e. The molecule has 0 aliphatic rings. The van der Waals surface area contributed by atoms with E-state index in [9.17, 15) is 17.6 Å². The van der Waals surface area contributed by atoms with Crippen LogP contribution in [0.25, 0.3) is 0 Å². The summed E-state index contributed by atoms with van der Waals surface area (Å²) in [5, 5.41) is 8.92. The van der Waals surface area contributed by atoms with E-state index < -0.39 is 27.7 Å². The molecule has 106 valence electrons. The zero-order chi connectivity index (χ0) is 14.5. The summed E-state index contributed by atoms with van der Waals surface area (Å²) in [4.78, 5) is 10.8. The number of carbonyl (C=O) groups is 1. The molecule has 0 radical (unpaired) electrons. The predicted octanol–water partition coefficient (Wildman–Crippen LogP) is 1.60. The van der Waals surface area contributed by atoms with Crippen LogP contribution in [0.15, 0.2) is 29.2 Å². The molecule has 19 heavy (non-hydrogen) atoms. The Bertz CT molecular complexity index is 527. The van der Waals surface area contributed by atoms with Crippen LogP contribution in [0.3, 0.4) is 0 Å². The zero-order valence-corrected chi connectivity index (χ0v) is 11.3. The van der Waals surface area contributed by atoms with Crippen LogP contribution < -0.4 is 4.72 Å². The average Bonchev–Trinajstić information content (AvgIpc) is 2.34. The maximum absolute atomic E-state index is 12.7. The fourth-order valence-corrected chi connectivity index (χ4v) is 2.65. The van der Waals surface area contributed by atoms with Gasteiger partial charge in [0.05, 0.1) is 10.8 Å². The van der Waals surface area contributed by atoms with Crippen molar-refractivity contribution < 1.29 is 22.7 Å². The molecule has 0 bridgehead atoms. The SMILES string of the molecule is CCCC(CNS(=O)(=O)c1ccc(F)cc1)C(=O)O. The molecule has 1 aromatic rings. The first-order chi connectivity index (χ1) is 8.86. The third kappa shape index (κ3) is 4.60. The van der Waals surface area contributed by atoms with Gasteiger partial charge in [-0.05, 0) is 30.7 Å². The van der Waals surface area contributed by atoms with Gasteiger partial charge >= 0.3 is 5.97 Å². The summed E-state index contributed by atoms with van der Waals surface area (Å²) in [6, 6.07) is 4.34. The van der Waals surface area contributed by atoms with Crippen molar-refractivity contribution in [1.29, 1.82) is 0 Å². The lowest BCUT2D eigenvalue weighted by Crippen LogP contribution is -2.32. The average molecular weight is 289 g/mol.